The quantitative estimate of drug-likeness (QED) is 0.876. The zero-order valence-corrected chi connectivity index (χ0v) is 11.9. The fourth-order valence-corrected chi connectivity index (χ4v) is 1.77. The maximum Gasteiger partial charge on any atom is 0.135 e. The molecule has 1 aromatic carbocycles. The van der Waals surface area contributed by atoms with Crippen molar-refractivity contribution in [3.05, 3.63) is 41.7 Å². The highest BCUT2D eigenvalue weighted by atomic mass is 15.1. The summed E-state index contributed by atoms with van der Waals surface area (Å²) in [4.78, 5) is 8.42. The third-order valence-electron chi connectivity index (χ3n) is 2.88. The van der Waals surface area contributed by atoms with E-state index >= 15 is 0 Å². The van der Waals surface area contributed by atoms with Crippen LogP contribution in [0.4, 0.5) is 17.3 Å². The smallest absolute Gasteiger partial charge is 0.135 e. The summed E-state index contributed by atoms with van der Waals surface area (Å²) in [6.45, 7) is 8.37. The van der Waals surface area contributed by atoms with Crippen LogP contribution in [0.15, 0.2) is 30.6 Å². The van der Waals surface area contributed by atoms with Crippen molar-refractivity contribution in [2.75, 3.05) is 10.6 Å². The summed E-state index contributed by atoms with van der Waals surface area (Å²) in [5.74, 6) is 1.62. The lowest BCUT2D eigenvalue weighted by Gasteiger charge is -2.11. The molecule has 0 aliphatic rings. The standard InChI is InChI=1S/C15H20N4/c1-10(2)18-14-8-15(17-9-16-14)19-13-6-5-11(3)12(4)7-13/h5-10H,1-4H3,(H2,16,17,18,19). The number of hydrogen-bond acceptors (Lipinski definition) is 4. The molecule has 0 fully saturated rings. The lowest BCUT2D eigenvalue weighted by atomic mass is 10.1. The highest BCUT2D eigenvalue weighted by Crippen LogP contribution is 2.19. The van der Waals surface area contributed by atoms with Crippen molar-refractivity contribution < 1.29 is 0 Å². The molecular weight excluding hydrogens is 236 g/mol. The van der Waals surface area contributed by atoms with Crippen molar-refractivity contribution in [3.8, 4) is 0 Å². The van der Waals surface area contributed by atoms with Crippen molar-refractivity contribution in [3.63, 3.8) is 0 Å². The zero-order chi connectivity index (χ0) is 13.8. The van der Waals surface area contributed by atoms with Crippen molar-refractivity contribution >= 4 is 17.3 Å². The molecule has 2 rings (SSSR count). The molecule has 0 aliphatic carbocycles. The fraction of sp³-hybridized carbons (Fsp3) is 0.333. The molecule has 4 heteroatoms. The van der Waals surface area contributed by atoms with Crippen LogP contribution in [0.5, 0.6) is 0 Å². The van der Waals surface area contributed by atoms with Gasteiger partial charge in [-0.25, -0.2) is 9.97 Å². The SMILES string of the molecule is Cc1ccc(Nc2cc(NC(C)C)ncn2)cc1C. The van der Waals surface area contributed by atoms with E-state index in [4.69, 9.17) is 0 Å². The Balaban J connectivity index is 2.16. The first-order valence-electron chi connectivity index (χ1n) is 6.47. The molecule has 4 nitrogen and oxygen atoms in total. The molecule has 2 N–H and O–H groups in total. The summed E-state index contributed by atoms with van der Waals surface area (Å²) >= 11 is 0. The van der Waals surface area contributed by atoms with E-state index in [9.17, 15) is 0 Å². The van der Waals surface area contributed by atoms with Crippen LogP contribution in [0.3, 0.4) is 0 Å². The Labute approximate surface area is 114 Å². The van der Waals surface area contributed by atoms with E-state index in [2.05, 4.69) is 66.5 Å². The van der Waals surface area contributed by atoms with Crippen LogP contribution in [-0.2, 0) is 0 Å². The summed E-state index contributed by atoms with van der Waals surface area (Å²) in [5, 5.41) is 6.55. The molecule has 0 saturated carbocycles. The minimum absolute atomic E-state index is 0.351. The third-order valence-corrected chi connectivity index (χ3v) is 2.88. The Morgan fingerprint density at radius 2 is 1.68 bits per heavy atom. The van der Waals surface area contributed by atoms with Gasteiger partial charge in [-0.05, 0) is 51.0 Å². The fourth-order valence-electron chi connectivity index (χ4n) is 1.77. The topological polar surface area (TPSA) is 49.8 Å². The van der Waals surface area contributed by atoms with Gasteiger partial charge in [-0.1, -0.05) is 6.07 Å². The molecule has 0 atom stereocenters. The van der Waals surface area contributed by atoms with Gasteiger partial charge in [0.2, 0.25) is 0 Å². The normalized spacial score (nSPS) is 10.6. The van der Waals surface area contributed by atoms with Crippen LogP contribution < -0.4 is 10.6 Å². The number of rotatable bonds is 4. The van der Waals surface area contributed by atoms with Crippen molar-refractivity contribution in [2.45, 2.75) is 33.7 Å². The molecule has 1 aromatic heterocycles. The van der Waals surface area contributed by atoms with Gasteiger partial charge < -0.3 is 10.6 Å². The van der Waals surface area contributed by atoms with Crippen LogP contribution in [-0.4, -0.2) is 16.0 Å². The maximum absolute atomic E-state index is 4.23. The van der Waals surface area contributed by atoms with Gasteiger partial charge in [-0.2, -0.15) is 0 Å². The minimum atomic E-state index is 0.351. The molecule has 19 heavy (non-hydrogen) atoms. The minimum Gasteiger partial charge on any atom is -0.368 e. The van der Waals surface area contributed by atoms with Crippen molar-refractivity contribution in [2.24, 2.45) is 0 Å². The molecular formula is C15H20N4. The molecule has 2 aromatic rings. The van der Waals surface area contributed by atoms with Gasteiger partial charge in [0.15, 0.2) is 0 Å². The lowest BCUT2D eigenvalue weighted by Crippen LogP contribution is -2.11. The summed E-state index contributed by atoms with van der Waals surface area (Å²) < 4.78 is 0. The highest BCUT2D eigenvalue weighted by Gasteiger charge is 2.02. The van der Waals surface area contributed by atoms with E-state index in [1.807, 2.05) is 6.07 Å². The summed E-state index contributed by atoms with van der Waals surface area (Å²) in [7, 11) is 0. The van der Waals surface area contributed by atoms with Crippen molar-refractivity contribution in [1.82, 2.24) is 9.97 Å². The van der Waals surface area contributed by atoms with E-state index < -0.39 is 0 Å². The van der Waals surface area contributed by atoms with E-state index in [1.54, 1.807) is 6.33 Å². The van der Waals surface area contributed by atoms with Crippen molar-refractivity contribution in [1.29, 1.82) is 0 Å². The first-order valence-corrected chi connectivity index (χ1v) is 6.47. The largest absolute Gasteiger partial charge is 0.368 e. The first kappa shape index (κ1) is 13.3. The molecule has 1 heterocycles. The zero-order valence-electron chi connectivity index (χ0n) is 11.9. The van der Waals surface area contributed by atoms with Gasteiger partial charge in [-0.15, -0.1) is 0 Å². The summed E-state index contributed by atoms with van der Waals surface area (Å²) in [6.07, 6.45) is 1.56. The van der Waals surface area contributed by atoms with Crippen LogP contribution in [0, 0.1) is 13.8 Å². The Morgan fingerprint density at radius 3 is 2.37 bits per heavy atom. The van der Waals surface area contributed by atoms with Crippen LogP contribution in [0.1, 0.15) is 25.0 Å². The molecule has 0 saturated heterocycles. The maximum atomic E-state index is 4.23. The van der Waals surface area contributed by atoms with Gasteiger partial charge in [0.1, 0.15) is 18.0 Å². The predicted molar refractivity (Wildman–Crippen MR) is 80.0 cm³/mol. The second kappa shape index (κ2) is 5.69. The van der Waals surface area contributed by atoms with E-state index in [1.165, 1.54) is 11.1 Å². The van der Waals surface area contributed by atoms with E-state index in [0.29, 0.717) is 6.04 Å². The second-order valence-electron chi connectivity index (χ2n) is 5.01. The number of aromatic nitrogens is 2. The average Bonchev–Trinajstić information content (AvgIpc) is 2.33. The molecule has 0 radical (unpaired) electrons. The molecule has 0 unspecified atom stereocenters. The molecule has 100 valence electrons. The van der Waals surface area contributed by atoms with Crippen LogP contribution in [0.25, 0.3) is 0 Å². The number of nitrogens with one attached hydrogen (secondary N) is 2. The number of anilines is 3. The molecule has 0 aliphatic heterocycles. The second-order valence-corrected chi connectivity index (χ2v) is 5.01. The predicted octanol–water partition coefficient (Wildman–Crippen LogP) is 3.66. The number of nitrogens with zero attached hydrogens (tertiary/aromatic N) is 2. The molecule has 0 amide bonds. The number of hydrogen-bond donors (Lipinski definition) is 2. The lowest BCUT2D eigenvalue weighted by molar-refractivity contribution is 0.886. The first-order chi connectivity index (χ1) is 9.04. The highest BCUT2D eigenvalue weighted by molar-refractivity contribution is 5.60. The monoisotopic (exact) mass is 256 g/mol. The van der Waals surface area contributed by atoms with E-state index in [-0.39, 0.29) is 0 Å². The van der Waals surface area contributed by atoms with Gasteiger partial charge in [0.05, 0.1) is 0 Å². The Bertz CT molecular complexity index is 564. The Hall–Kier alpha value is -2.10. The number of benzene rings is 1. The van der Waals surface area contributed by atoms with E-state index in [0.717, 1.165) is 17.3 Å². The molecule has 0 bridgehead atoms. The van der Waals surface area contributed by atoms with Crippen LogP contribution in [0.2, 0.25) is 0 Å². The van der Waals surface area contributed by atoms with Gasteiger partial charge in [0.25, 0.3) is 0 Å². The average molecular weight is 256 g/mol. The summed E-state index contributed by atoms with van der Waals surface area (Å²) in [6, 6.07) is 8.54. The number of aryl methyl sites for hydroxylation is 2. The third kappa shape index (κ3) is 3.68. The summed E-state index contributed by atoms with van der Waals surface area (Å²) in [5.41, 5.74) is 3.59. The van der Waals surface area contributed by atoms with Gasteiger partial charge >= 0.3 is 0 Å². The Kier molecular flexibility index (Phi) is 4.00. The van der Waals surface area contributed by atoms with Gasteiger partial charge in [0, 0.05) is 17.8 Å². The van der Waals surface area contributed by atoms with Crippen LogP contribution >= 0.6 is 0 Å². The Morgan fingerprint density at radius 1 is 0.947 bits per heavy atom. The molecule has 0 spiro atoms. The van der Waals surface area contributed by atoms with Gasteiger partial charge in [-0.3, -0.25) is 0 Å².